The highest BCUT2D eigenvalue weighted by Crippen LogP contribution is 2.34. The minimum Gasteiger partial charge on any atom is -0.491 e. The number of rotatable bonds is 5. The number of carbonyl (C=O) groups excluding carboxylic acids is 2. The number of amides is 1. The van der Waals surface area contributed by atoms with E-state index in [2.05, 4.69) is 0 Å². The molecule has 0 saturated heterocycles. The summed E-state index contributed by atoms with van der Waals surface area (Å²) in [6.45, 7) is 4.25. The molecule has 1 N–H and O–H groups in total. The summed E-state index contributed by atoms with van der Waals surface area (Å²) >= 11 is 0. The Labute approximate surface area is 129 Å². The standard InChI is InChI=1S/C16H21NO5/c1-3-21-16(20)6-8-17-13-10-12(11(2)18)4-5-14(13)22-9-7-15(17)19/h4-5,10-11,18H,3,6-9H2,1-2H3. The van der Waals surface area contributed by atoms with Crippen LogP contribution < -0.4 is 9.64 Å². The van der Waals surface area contributed by atoms with E-state index in [1.165, 1.54) is 4.90 Å². The molecule has 6 nitrogen and oxygen atoms in total. The Balaban J connectivity index is 2.25. The highest BCUT2D eigenvalue weighted by atomic mass is 16.5. The molecular weight excluding hydrogens is 286 g/mol. The summed E-state index contributed by atoms with van der Waals surface area (Å²) in [6.07, 6.45) is -0.269. The van der Waals surface area contributed by atoms with E-state index in [4.69, 9.17) is 9.47 Å². The molecule has 22 heavy (non-hydrogen) atoms. The number of ether oxygens (including phenoxy) is 2. The second-order valence-electron chi connectivity index (χ2n) is 5.10. The van der Waals surface area contributed by atoms with Gasteiger partial charge in [-0.15, -0.1) is 0 Å². The number of carbonyl (C=O) groups is 2. The van der Waals surface area contributed by atoms with E-state index in [1.807, 2.05) is 0 Å². The molecular formula is C16H21NO5. The molecule has 1 unspecified atom stereocenters. The van der Waals surface area contributed by atoms with Crippen LogP contribution in [0.5, 0.6) is 5.75 Å². The van der Waals surface area contributed by atoms with Crippen LogP contribution in [0.15, 0.2) is 18.2 Å². The van der Waals surface area contributed by atoms with Crippen molar-refractivity contribution >= 4 is 17.6 Å². The Morgan fingerprint density at radius 1 is 1.50 bits per heavy atom. The maximum Gasteiger partial charge on any atom is 0.307 e. The minimum absolute atomic E-state index is 0.106. The summed E-state index contributed by atoms with van der Waals surface area (Å²) in [5, 5.41) is 9.72. The number of nitrogens with zero attached hydrogens (tertiary/aromatic N) is 1. The molecule has 0 spiro atoms. The highest BCUT2D eigenvalue weighted by Gasteiger charge is 2.24. The van der Waals surface area contributed by atoms with E-state index in [9.17, 15) is 14.7 Å². The number of fused-ring (bicyclic) bond motifs is 1. The van der Waals surface area contributed by atoms with Crippen LogP contribution in [0.2, 0.25) is 0 Å². The molecule has 2 rings (SSSR count). The van der Waals surface area contributed by atoms with Crippen LogP contribution in [0.3, 0.4) is 0 Å². The van der Waals surface area contributed by atoms with Crippen LogP contribution in [-0.4, -0.2) is 36.7 Å². The van der Waals surface area contributed by atoms with Crippen LogP contribution >= 0.6 is 0 Å². The number of anilines is 1. The molecule has 0 fully saturated rings. The van der Waals surface area contributed by atoms with E-state index < -0.39 is 6.10 Å². The van der Waals surface area contributed by atoms with E-state index in [1.54, 1.807) is 32.0 Å². The molecule has 1 aromatic carbocycles. The Hall–Kier alpha value is -2.08. The van der Waals surface area contributed by atoms with E-state index in [0.717, 1.165) is 0 Å². The highest BCUT2D eigenvalue weighted by molar-refractivity contribution is 5.96. The molecule has 1 aliphatic heterocycles. The Kier molecular flexibility index (Phi) is 5.38. The van der Waals surface area contributed by atoms with Gasteiger partial charge in [0, 0.05) is 6.54 Å². The molecule has 1 amide bonds. The van der Waals surface area contributed by atoms with Crippen LogP contribution in [-0.2, 0) is 14.3 Å². The minimum atomic E-state index is -0.643. The van der Waals surface area contributed by atoms with Gasteiger partial charge in [-0.05, 0) is 31.5 Å². The Bertz CT molecular complexity index is 555. The third kappa shape index (κ3) is 3.76. The molecule has 0 aromatic heterocycles. The first-order valence-electron chi connectivity index (χ1n) is 7.43. The summed E-state index contributed by atoms with van der Waals surface area (Å²) in [4.78, 5) is 25.3. The number of aliphatic hydroxyl groups excluding tert-OH is 1. The topological polar surface area (TPSA) is 76.1 Å². The quantitative estimate of drug-likeness (QED) is 0.840. The fraction of sp³-hybridized carbons (Fsp3) is 0.500. The fourth-order valence-electron chi connectivity index (χ4n) is 2.33. The molecule has 0 bridgehead atoms. The maximum absolute atomic E-state index is 12.3. The van der Waals surface area contributed by atoms with Crippen molar-refractivity contribution < 1.29 is 24.2 Å². The number of hydrogen-bond acceptors (Lipinski definition) is 5. The average molecular weight is 307 g/mol. The second-order valence-corrected chi connectivity index (χ2v) is 5.10. The van der Waals surface area contributed by atoms with Gasteiger partial charge in [0.25, 0.3) is 0 Å². The van der Waals surface area contributed by atoms with E-state index in [0.29, 0.717) is 30.2 Å². The Morgan fingerprint density at radius 2 is 2.27 bits per heavy atom. The van der Waals surface area contributed by atoms with Gasteiger partial charge >= 0.3 is 5.97 Å². The van der Waals surface area contributed by atoms with Gasteiger partial charge in [-0.3, -0.25) is 9.59 Å². The van der Waals surface area contributed by atoms with Gasteiger partial charge < -0.3 is 19.5 Å². The first-order chi connectivity index (χ1) is 10.5. The summed E-state index contributed by atoms with van der Waals surface area (Å²) < 4.78 is 10.5. The zero-order valence-electron chi connectivity index (χ0n) is 12.9. The number of benzene rings is 1. The van der Waals surface area contributed by atoms with Crippen molar-refractivity contribution in [2.45, 2.75) is 32.8 Å². The first-order valence-corrected chi connectivity index (χ1v) is 7.43. The lowest BCUT2D eigenvalue weighted by atomic mass is 10.1. The van der Waals surface area contributed by atoms with Gasteiger partial charge in [-0.25, -0.2) is 0 Å². The number of esters is 1. The largest absolute Gasteiger partial charge is 0.491 e. The van der Waals surface area contributed by atoms with Crippen molar-refractivity contribution in [1.82, 2.24) is 0 Å². The van der Waals surface area contributed by atoms with Gasteiger partial charge in [-0.1, -0.05) is 6.07 Å². The van der Waals surface area contributed by atoms with Gasteiger partial charge in [0.05, 0.1) is 37.8 Å². The fourth-order valence-corrected chi connectivity index (χ4v) is 2.33. The van der Waals surface area contributed by atoms with Gasteiger partial charge in [-0.2, -0.15) is 0 Å². The van der Waals surface area contributed by atoms with Gasteiger partial charge in [0.15, 0.2) is 0 Å². The molecule has 1 aromatic rings. The van der Waals surface area contributed by atoms with Crippen molar-refractivity contribution in [2.75, 3.05) is 24.7 Å². The van der Waals surface area contributed by atoms with Crippen LogP contribution in [0.4, 0.5) is 5.69 Å². The van der Waals surface area contributed by atoms with Crippen molar-refractivity contribution in [2.24, 2.45) is 0 Å². The summed E-state index contributed by atoms with van der Waals surface area (Å²) in [6, 6.07) is 5.24. The van der Waals surface area contributed by atoms with Crippen LogP contribution in [0, 0.1) is 0 Å². The lowest BCUT2D eigenvalue weighted by molar-refractivity contribution is -0.142. The SMILES string of the molecule is CCOC(=O)CCN1C(=O)CCOc2ccc(C(C)O)cc21. The van der Waals surface area contributed by atoms with E-state index >= 15 is 0 Å². The maximum atomic E-state index is 12.3. The number of aliphatic hydroxyl groups is 1. The van der Waals surface area contributed by atoms with Gasteiger partial charge in [0.2, 0.25) is 5.91 Å². The smallest absolute Gasteiger partial charge is 0.307 e. The van der Waals surface area contributed by atoms with Crippen molar-refractivity contribution in [1.29, 1.82) is 0 Å². The third-order valence-electron chi connectivity index (χ3n) is 3.48. The molecule has 120 valence electrons. The van der Waals surface area contributed by atoms with Gasteiger partial charge in [0.1, 0.15) is 5.75 Å². The molecule has 0 aliphatic carbocycles. The van der Waals surface area contributed by atoms with Crippen molar-refractivity contribution in [3.05, 3.63) is 23.8 Å². The van der Waals surface area contributed by atoms with Crippen molar-refractivity contribution in [3.8, 4) is 5.75 Å². The lowest BCUT2D eigenvalue weighted by Crippen LogP contribution is -2.32. The van der Waals surface area contributed by atoms with Crippen LogP contribution in [0.25, 0.3) is 0 Å². The normalized spacial score (nSPS) is 15.6. The molecule has 6 heteroatoms. The molecule has 1 atom stereocenters. The molecule has 0 saturated carbocycles. The monoisotopic (exact) mass is 307 g/mol. The van der Waals surface area contributed by atoms with Crippen LogP contribution in [0.1, 0.15) is 38.4 Å². The predicted octanol–water partition coefficient (Wildman–Crippen LogP) is 1.81. The number of hydrogen-bond donors (Lipinski definition) is 1. The summed E-state index contributed by atoms with van der Waals surface area (Å²) in [5.74, 6) is 0.138. The third-order valence-corrected chi connectivity index (χ3v) is 3.48. The predicted molar refractivity (Wildman–Crippen MR) is 80.8 cm³/mol. The zero-order chi connectivity index (χ0) is 16.1. The van der Waals surface area contributed by atoms with Crippen molar-refractivity contribution in [3.63, 3.8) is 0 Å². The second kappa shape index (κ2) is 7.26. The molecule has 1 aliphatic rings. The summed E-state index contributed by atoms with van der Waals surface area (Å²) in [7, 11) is 0. The summed E-state index contributed by atoms with van der Waals surface area (Å²) in [5.41, 5.74) is 1.28. The Morgan fingerprint density at radius 3 is 2.95 bits per heavy atom. The zero-order valence-corrected chi connectivity index (χ0v) is 12.9. The van der Waals surface area contributed by atoms with E-state index in [-0.39, 0.29) is 31.3 Å². The average Bonchev–Trinajstić information content (AvgIpc) is 2.63. The molecule has 1 heterocycles. The lowest BCUT2D eigenvalue weighted by Gasteiger charge is -2.22. The first kappa shape index (κ1) is 16.3. The molecule has 0 radical (unpaired) electrons.